The summed E-state index contributed by atoms with van der Waals surface area (Å²) in [6.07, 6.45) is -0.263. The van der Waals surface area contributed by atoms with E-state index < -0.39 is 6.10 Å². The molecule has 132 valence electrons. The van der Waals surface area contributed by atoms with E-state index in [9.17, 15) is 14.3 Å². The Balaban J connectivity index is 1.83. The zero-order valence-electron chi connectivity index (χ0n) is 14.2. The van der Waals surface area contributed by atoms with Gasteiger partial charge < -0.3 is 20.1 Å². The first-order chi connectivity index (χ1) is 12.0. The number of rotatable bonds is 3. The van der Waals surface area contributed by atoms with E-state index in [0.29, 0.717) is 23.4 Å². The number of nitrogens with one attached hydrogen (secondary N) is 1. The summed E-state index contributed by atoms with van der Waals surface area (Å²) < 4.78 is 18.8. The van der Waals surface area contributed by atoms with Crippen LogP contribution in [0.2, 0.25) is 0 Å². The topological polar surface area (TPSA) is 61.8 Å². The van der Waals surface area contributed by atoms with Crippen LogP contribution in [0.4, 0.5) is 14.9 Å². The average molecular weight is 344 g/mol. The van der Waals surface area contributed by atoms with Crippen LogP contribution in [0.3, 0.4) is 0 Å². The summed E-state index contributed by atoms with van der Waals surface area (Å²) in [5.41, 5.74) is 2.24. The predicted molar refractivity (Wildman–Crippen MR) is 93.2 cm³/mol. The van der Waals surface area contributed by atoms with E-state index in [-0.39, 0.29) is 24.4 Å². The van der Waals surface area contributed by atoms with Crippen LogP contribution in [0.1, 0.15) is 23.6 Å². The SMILES string of the molecule is COc1cc(C)ccc1NC(=O)N1CC(O)CC1c1cccc(F)c1. The molecule has 2 amide bonds. The van der Waals surface area contributed by atoms with Crippen molar-refractivity contribution in [3.05, 3.63) is 59.4 Å². The number of carbonyl (C=O) groups excluding carboxylic acids is 1. The van der Waals surface area contributed by atoms with E-state index in [1.54, 1.807) is 25.3 Å². The molecule has 3 rings (SSSR count). The first-order valence-corrected chi connectivity index (χ1v) is 8.13. The number of halogens is 1. The minimum absolute atomic E-state index is 0.196. The lowest BCUT2D eigenvalue weighted by Crippen LogP contribution is -2.35. The van der Waals surface area contributed by atoms with Gasteiger partial charge in [-0.15, -0.1) is 0 Å². The molecule has 2 atom stereocenters. The summed E-state index contributed by atoms with van der Waals surface area (Å²) in [5, 5.41) is 12.8. The number of aryl methyl sites for hydroxylation is 1. The molecule has 2 unspecified atom stereocenters. The fourth-order valence-corrected chi connectivity index (χ4v) is 3.16. The third kappa shape index (κ3) is 3.74. The van der Waals surface area contributed by atoms with E-state index in [4.69, 9.17) is 4.74 Å². The van der Waals surface area contributed by atoms with Crippen LogP contribution in [-0.2, 0) is 0 Å². The number of urea groups is 1. The lowest BCUT2D eigenvalue weighted by atomic mass is 10.0. The van der Waals surface area contributed by atoms with Gasteiger partial charge >= 0.3 is 6.03 Å². The summed E-state index contributed by atoms with van der Waals surface area (Å²) in [5.74, 6) is 0.204. The Hall–Kier alpha value is -2.60. The Morgan fingerprint density at radius 2 is 2.12 bits per heavy atom. The van der Waals surface area contributed by atoms with Gasteiger partial charge in [0.15, 0.2) is 0 Å². The summed E-state index contributed by atoms with van der Waals surface area (Å²) >= 11 is 0. The molecular formula is C19H21FN2O3. The number of nitrogens with zero attached hydrogens (tertiary/aromatic N) is 1. The molecule has 0 bridgehead atoms. The second-order valence-corrected chi connectivity index (χ2v) is 6.25. The number of hydrogen-bond donors (Lipinski definition) is 2. The van der Waals surface area contributed by atoms with Gasteiger partial charge in [-0.25, -0.2) is 9.18 Å². The van der Waals surface area contributed by atoms with Crippen molar-refractivity contribution in [2.24, 2.45) is 0 Å². The summed E-state index contributed by atoms with van der Waals surface area (Å²) in [7, 11) is 1.54. The highest BCUT2D eigenvalue weighted by Crippen LogP contribution is 2.34. The van der Waals surface area contributed by atoms with Crippen molar-refractivity contribution in [1.29, 1.82) is 0 Å². The number of ether oxygens (including phenoxy) is 1. The molecule has 0 aliphatic carbocycles. The van der Waals surface area contributed by atoms with E-state index >= 15 is 0 Å². The molecule has 1 aliphatic rings. The molecule has 0 aromatic heterocycles. The highest BCUT2D eigenvalue weighted by atomic mass is 19.1. The number of benzene rings is 2. The number of aliphatic hydroxyl groups is 1. The fraction of sp³-hybridized carbons (Fsp3) is 0.316. The quantitative estimate of drug-likeness (QED) is 0.896. The van der Waals surface area contributed by atoms with Crippen LogP contribution in [0.15, 0.2) is 42.5 Å². The normalized spacial score (nSPS) is 19.8. The maximum atomic E-state index is 13.5. The van der Waals surface area contributed by atoms with Crippen molar-refractivity contribution in [2.45, 2.75) is 25.5 Å². The Morgan fingerprint density at radius 3 is 2.84 bits per heavy atom. The van der Waals surface area contributed by atoms with Gasteiger partial charge in [0.1, 0.15) is 11.6 Å². The monoisotopic (exact) mass is 344 g/mol. The molecule has 6 heteroatoms. The molecule has 0 spiro atoms. The standard InChI is InChI=1S/C19H21FN2O3/c1-12-6-7-16(18(8-12)25-2)21-19(24)22-11-15(23)10-17(22)13-4-3-5-14(20)9-13/h3-9,15,17,23H,10-11H2,1-2H3,(H,21,24). The molecule has 0 radical (unpaired) electrons. The molecular weight excluding hydrogens is 323 g/mol. The van der Waals surface area contributed by atoms with Crippen LogP contribution in [-0.4, -0.2) is 35.8 Å². The van der Waals surface area contributed by atoms with Crippen molar-refractivity contribution in [1.82, 2.24) is 4.90 Å². The molecule has 5 nitrogen and oxygen atoms in total. The number of amides is 2. The van der Waals surface area contributed by atoms with E-state index in [1.807, 2.05) is 19.1 Å². The largest absolute Gasteiger partial charge is 0.495 e. The molecule has 1 saturated heterocycles. The van der Waals surface area contributed by atoms with E-state index in [0.717, 1.165) is 5.56 Å². The number of carbonyl (C=O) groups is 1. The van der Waals surface area contributed by atoms with Crippen molar-refractivity contribution >= 4 is 11.7 Å². The Bertz CT molecular complexity index is 781. The molecule has 25 heavy (non-hydrogen) atoms. The third-order valence-corrected chi connectivity index (χ3v) is 4.37. The number of hydrogen-bond acceptors (Lipinski definition) is 3. The second-order valence-electron chi connectivity index (χ2n) is 6.25. The Morgan fingerprint density at radius 1 is 1.32 bits per heavy atom. The number of aliphatic hydroxyl groups excluding tert-OH is 1. The molecule has 1 fully saturated rings. The van der Waals surface area contributed by atoms with E-state index in [1.165, 1.54) is 17.0 Å². The lowest BCUT2D eigenvalue weighted by molar-refractivity contribution is 0.175. The van der Waals surface area contributed by atoms with Crippen molar-refractivity contribution in [3.63, 3.8) is 0 Å². The van der Waals surface area contributed by atoms with Crippen molar-refractivity contribution in [2.75, 3.05) is 19.0 Å². The maximum Gasteiger partial charge on any atom is 0.322 e. The lowest BCUT2D eigenvalue weighted by Gasteiger charge is -2.25. The van der Waals surface area contributed by atoms with Crippen LogP contribution < -0.4 is 10.1 Å². The number of anilines is 1. The predicted octanol–water partition coefficient (Wildman–Crippen LogP) is 3.48. The molecule has 2 aromatic rings. The summed E-state index contributed by atoms with van der Waals surface area (Å²) in [4.78, 5) is 14.3. The highest BCUT2D eigenvalue weighted by Gasteiger charge is 2.35. The molecule has 2 aromatic carbocycles. The zero-order valence-corrected chi connectivity index (χ0v) is 14.2. The average Bonchev–Trinajstić information content (AvgIpc) is 2.98. The first kappa shape index (κ1) is 17.2. The van der Waals surface area contributed by atoms with Gasteiger partial charge in [-0.05, 0) is 48.7 Å². The van der Waals surface area contributed by atoms with Gasteiger partial charge in [0.25, 0.3) is 0 Å². The Kier molecular flexibility index (Phi) is 4.90. The van der Waals surface area contributed by atoms with Crippen LogP contribution in [0.25, 0.3) is 0 Å². The van der Waals surface area contributed by atoms with Crippen molar-refractivity contribution in [3.8, 4) is 5.75 Å². The fourth-order valence-electron chi connectivity index (χ4n) is 3.16. The highest BCUT2D eigenvalue weighted by molar-refractivity contribution is 5.91. The first-order valence-electron chi connectivity index (χ1n) is 8.13. The summed E-state index contributed by atoms with van der Waals surface area (Å²) in [6, 6.07) is 10.9. The molecule has 1 aliphatic heterocycles. The van der Waals surface area contributed by atoms with Gasteiger partial charge in [0, 0.05) is 6.54 Å². The zero-order chi connectivity index (χ0) is 18.0. The minimum atomic E-state index is -0.640. The third-order valence-electron chi connectivity index (χ3n) is 4.37. The van der Waals surface area contributed by atoms with Gasteiger partial charge in [-0.3, -0.25) is 0 Å². The van der Waals surface area contributed by atoms with Crippen molar-refractivity contribution < 1.29 is 19.0 Å². The second kappa shape index (κ2) is 7.11. The molecule has 2 N–H and O–H groups in total. The van der Waals surface area contributed by atoms with Gasteiger partial charge in [0.05, 0.1) is 24.9 Å². The number of β-amino-alcohol motifs (C(OH)–C–C–N with tert-alkyl or cyclic N) is 1. The van der Waals surface area contributed by atoms with Crippen LogP contribution in [0.5, 0.6) is 5.75 Å². The molecule has 0 saturated carbocycles. The number of likely N-dealkylation sites (tertiary alicyclic amines) is 1. The maximum absolute atomic E-state index is 13.5. The molecule has 1 heterocycles. The van der Waals surface area contributed by atoms with Crippen LogP contribution in [0, 0.1) is 12.7 Å². The van der Waals surface area contributed by atoms with Gasteiger partial charge in [-0.2, -0.15) is 0 Å². The summed E-state index contributed by atoms with van der Waals surface area (Å²) in [6.45, 7) is 2.13. The smallest absolute Gasteiger partial charge is 0.322 e. The van der Waals surface area contributed by atoms with E-state index in [2.05, 4.69) is 5.32 Å². The van der Waals surface area contributed by atoms with Gasteiger partial charge in [-0.1, -0.05) is 18.2 Å². The van der Waals surface area contributed by atoms with Crippen LogP contribution >= 0.6 is 0 Å². The minimum Gasteiger partial charge on any atom is -0.495 e. The van der Waals surface area contributed by atoms with Gasteiger partial charge in [0.2, 0.25) is 0 Å². The number of methoxy groups -OCH3 is 1. The Labute approximate surface area is 146 Å².